The Kier molecular flexibility index (Phi) is 10.7. The van der Waals surface area contributed by atoms with E-state index in [0.29, 0.717) is 12.8 Å². The lowest BCUT2D eigenvalue weighted by atomic mass is 9.88. The number of aliphatic hydroxyl groups excluding tert-OH is 2. The molecule has 0 aromatic carbocycles. The van der Waals surface area contributed by atoms with Crippen LogP contribution in [0.4, 0.5) is 0 Å². The number of carboxylic acid groups (broad SMARTS) is 1. The van der Waals surface area contributed by atoms with Crippen LogP contribution in [-0.2, 0) is 9.59 Å². The summed E-state index contributed by atoms with van der Waals surface area (Å²) in [7, 11) is 0. The highest BCUT2D eigenvalue weighted by molar-refractivity contribution is 5.85. The number of hydrogen-bond acceptors (Lipinski definition) is 4. The minimum absolute atomic E-state index is 0.0153. The number of aliphatic hydroxyl groups is 2. The minimum atomic E-state index is -0.764. The standard InChI is InChI=1S/C20H34O5/c1-2-3-6-10-16-17(19(23)14-18(16)22)13-12-15(21)9-7-4-5-8-11-20(24)25/h12-13,15-18,21-22H,2-11,14H2,1H3,(H,24,25)/b13-12+/t15-,16+,17-,18+/m1/s1. The second kappa shape index (κ2) is 12.2. The molecule has 0 amide bonds. The zero-order chi connectivity index (χ0) is 18.7. The Bertz CT molecular complexity index is 432. The molecule has 0 aromatic heterocycles. The van der Waals surface area contributed by atoms with Crippen molar-refractivity contribution in [3.05, 3.63) is 12.2 Å². The first kappa shape index (κ1) is 21.8. The molecule has 5 nitrogen and oxygen atoms in total. The largest absolute Gasteiger partial charge is 0.481 e. The molecule has 0 saturated heterocycles. The van der Waals surface area contributed by atoms with E-state index in [9.17, 15) is 19.8 Å². The maximum Gasteiger partial charge on any atom is 0.303 e. The van der Waals surface area contributed by atoms with Gasteiger partial charge in [0.1, 0.15) is 5.78 Å². The number of carbonyl (C=O) groups excluding carboxylic acids is 1. The van der Waals surface area contributed by atoms with Gasteiger partial charge < -0.3 is 15.3 Å². The van der Waals surface area contributed by atoms with E-state index in [1.165, 1.54) is 0 Å². The summed E-state index contributed by atoms with van der Waals surface area (Å²) in [4.78, 5) is 22.5. The number of unbranched alkanes of at least 4 members (excludes halogenated alkanes) is 5. The second-order valence-corrected chi connectivity index (χ2v) is 7.22. The molecule has 0 aliphatic heterocycles. The van der Waals surface area contributed by atoms with E-state index in [1.54, 1.807) is 12.2 Å². The average Bonchev–Trinajstić information content (AvgIpc) is 2.82. The van der Waals surface area contributed by atoms with Gasteiger partial charge in [-0.1, -0.05) is 57.6 Å². The van der Waals surface area contributed by atoms with Crippen LogP contribution >= 0.6 is 0 Å². The third-order valence-corrected chi connectivity index (χ3v) is 5.06. The molecule has 1 rings (SSSR count). The topological polar surface area (TPSA) is 94.8 Å². The van der Waals surface area contributed by atoms with Gasteiger partial charge in [-0.2, -0.15) is 0 Å². The molecular weight excluding hydrogens is 320 g/mol. The second-order valence-electron chi connectivity index (χ2n) is 7.22. The maximum atomic E-state index is 12.1. The van der Waals surface area contributed by atoms with Crippen molar-refractivity contribution in [1.29, 1.82) is 0 Å². The van der Waals surface area contributed by atoms with Crippen molar-refractivity contribution in [2.75, 3.05) is 0 Å². The Balaban J connectivity index is 2.33. The fourth-order valence-corrected chi connectivity index (χ4v) is 3.55. The van der Waals surface area contributed by atoms with Gasteiger partial charge in [-0.3, -0.25) is 9.59 Å². The van der Waals surface area contributed by atoms with E-state index >= 15 is 0 Å². The van der Waals surface area contributed by atoms with Crippen LogP contribution in [-0.4, -0.2) is 39.3 Å². The summed E-state index contributed by atoms with van der Waals surface area (Å²) >= 11 is 0. The van der Waals surface area contributed by atoms with Gasteiger partial charge in [-0.15, -0.1) is 0 Å². The number of carboxylic acids is 1. The third-order valence-electron chi connectivity index (χ3n) is 5.06. The lowest BCUT2D eigenvalue weighted by Crippen LogP contribution is -2.19. The van der Waals surface area contributed by atoms with Crippen molar-refractivity contribution in [3.63, 3.8) is 0 Å². The minimum Gasteiger partial charge on any atom is -0.481 e. The smallest absolute Gasteiger partial charge is 0.303 e. The molecule has 0 radical (unpaired) electrons. The van der Waals surface area contributed by atoms with Crippen LogP contribution in [0.25, 0.3) is 0 Å². The quantitative estimate of drug-likeness (QED) is 0.348. The summed E-state index contributed by atoms with van der Waals surface area (Å²) in [6.45, 7) is 2.13. The fourth-order valence-electron chi connectivity index (χ4n) is 3.55. The number of rotatable bonds is 13. The Labute approximate surface area is 151 Å². The molecule has 0 bridgehead atoms. The zero-order valence-electron chi connectivity index (χ0n) is 15.4. The highest BCUT2D eigenvalue weighted by atomic mass is 16.4. The predicted octanol–water partition coefficient (Wildman–Crippen LogP) is 3.48. The lowest BCUT2D eigenvalue weighted by Gasteiger charge is -2.18. The third kappa shape index (κ3) is 8.63. The van der Waals surface area contributed by atoms with E-state index < -0.39 is 18.2 Å². The van der Waals surface area contributed by atoms with Crippen LogP contribution in [0.2, 0.25) is 0 Å². The Morgan fingerprint density at radius 3 is 2.60 bits per heavy atom. The number of ketones is 1. The van der Waals surface area contributed by atoms with Crippen LogP contribution < -0.4 is 0 Å². The number of allylic oxidation sites excluding steroid dienone is 1. The van der Waals surface area contributed by atoms with Gasteiger partial charge in [0.2, 0.25) is 0 Å². The zero-order valence-corrected chi connectivity index (χ0v) is 15.4. The Morgan fingerprint density at radius 2 is 1.92 bits per heavy atom. The number of aliphatic carboxylic acids is 1. The first-order chi connectivity index (χ1) is 12.0. The molecule has 1 aliphatic rings. The molecule has 144 valence electrons. The van der Waals surface area contributed by atoms with Gasteiger partial charge in [-0.05, 0) is 25.2 Å². The number of hydrogen-bond donors (Lipinski definition) is 3. The van der Waals surface area contributed by atoms with Gasteiger partial charge in [-0.25, -0.2) is 0 Å². The van der Waals surface area contributed by atoms with Gasteiger partial charge >= 0.3 is 5.97 Å². The van der Waals surface area contributed by atoms with Gasteiger partial charge in [0, 0.05) is 18.8 Å². The summed E-state index contributed by atoms with van der Waals surface area (Å²) in [5, 5.41) is 28.7. The highest BCUT2D eigenvalue weighted by Gasteiger charge is 2.39. The number of Topliss-reactive ketones (excluding diaryl/α,β-unsaturated/α-hetero) is 1. The first-order valence-corrected chi connectivity index (χ1v) is 9.74. The lowest BCUT2D eigenvalue weighted by molar-refractivity contribution is -0.137. The van der Waals surface area contributed by atoms with Crippen LogP contribution in [0.3, 0.4) is 0 Å². The van der Waals surface area contributed by atoms with E-state index in [-0.39, 0.29) is 30.5 Å². The Morgan fingerprint density at radius 1 is 1.20 bits per heavy atom. The van der Waals surface area contributed by atoms with E-state index in [1.807, 2.05) is 0 Å². The first-order valence-electron chi connectivity index (χ1n) is 9.74. The molecular formula is C20H34O5. The maximum absolute atomic E-state index is 12.1. The molecule has 1 aliphatic carbocycles. The molecule has 1 fully saturated rings. The predicted molar refractivity (Wildman–Crippen MR) is 97.2 cm³/mol. The molecule has 0 heterocycles. The van der Waals surface area contributed by atoms with Crippen LogP contribution in [0, 0.1) is 11.8 Å². The fraction of sp³-hybridized carbons (Fsp3) is 0.800. The molecule has 0 aromatic rings. The SMILES string of the molecule is CCCCC[C@@H]1[C@@H](O)CC(=O)[C@@H]1/C=C/[C@H](O)CCCCCCC(=O)O. The molecule has 4 atom stereocenters. The normalized spacial score (nSPS) is 24.9. The average molecular weight is 354 g/mol. The summed E-state index contributed by atoms with van der Waals surface area (Å²) < 4.78 is 0. The highest BCUT2D eigenvalue weighted by Crippen LogP contribution is 2.34. The molecule has 0 unspecified atom stereocenters. The van der Waals surface area contributed by atoms with Crippen LogP contribution in [0.1, 0.15) is 77.6 Å². The summed E-state index contributed by atoms with van der Waals surface area (Å²) in [5.74, 6) is -0.971. The van der Waals surface area contributed by atoms with Crippen molar-refractivity contribution in [3.8, 4) is 0 Å². The monoisotopic (exact) mass is 354 g/mol. The van der Waals surface area contributed by atoms with Crippen molar-refractivity contribution < 1.29 is 24.9 Å². The van der Waals surface area contributed by atoms with Gasteiger partial charge in [0.25, 0.3) is 0 Å². The Hall–Kier alpha value is -1.20. The van der Waals surface area contributed by atoms with Crippen molar-refractivity contribution >= 4 is 11.8 Å². The molecule has 3 N–H and O–H groups in total. The van der Waals surface area contributed by atoms with Crippen molar-refractivity contribution in [2.45, 2.75) is 89.8 Å². The van der Waals surface area contributed by atoms with Crippen molar-refractivity contribution in [1.82, 2.24) is 0 Å². The van der Waals surface area contributed by atoms with Gasteiger partial charge in [0.15, 0.2) is 0 Å². The number of carbonyl (C=O) groups is 2. The van der Waals surface area contributed by atoms with E-state index in [0.717, 1.165) is 44.9 Å². The van der Waals surface area contributed by atoms with E-state index in [4.69, 9.17) is 5.11 Å². The summed E-state index contributed by atoms with van der Waals surface area (Å²) in [6.07, 6.45) is 10.8. The molecule has 0 spiro atoms. The summed E-state index contributed by atoms with van der Waals surface area (Å²) in [6, 6.07) is 0. The van der Waals surface area contributed by atoms with E-state index in [2.05, 4.69) is 6.92 Å². The molecule has 1 saturated carbocycles. The van der Waals surface area contributed by atoms with Crippen LogP contribution in [0.5, 0.6) is 0 Å². The van der Waals surface area contributed by atoms with Crippen LogP contribution in [0.15, 0.2) is 12.2 Å². The molecule has 5 heteroatoms. The molecule has 25 heavy (non-hydrogen) atoms. The van der Waals surface area contributed by atoms with Crippen molar-refractivity contribution in [2.24, 2.45) is 11.8 Å². The summed E-state index contributed by atoms with van der Waals surface area (Å²) in [5.41, 5.74) is 0. The van der Waals surface area contributed by atoms with Gasteiger partial charge in [0.05, 0.1) is 12.2 Å².